The Balaban J connectivity index is 2.00. The molecule has 5 nitrogen and oxygen atoms in total. The van der Waals surface area contributed by atoms with Crippen LogP contribution in [0, 0.1) is 0 Å². The number of pyridine rings is 1. The van der Waals surface area contributed by atoms with Gasteiger partial charge in [-0.15, -0.1) is 0 Å². The Morgan fingerprint density at radius 3 is 2.78 bits per heavy atom. The van der Waals surface area contributed by atoms with Gasteiger partial charge in [-0.1, -0.05) is 11.6 Å². The number of aromatic nitrogens is 1. The van der Waals surface area contributed by atoms with E-state index in [1.54, 1.807) is 6.20 Å². The van der Waals surface area contributed by atoms with Crippen LogP contribution < -0.4 is 10.6 Å². The zero-order valence-electron chi connectivity index (χ0n) is 13.8. The lowest BCUT2D eigenvalue weighted by Crippen LogP contribution is -2.38. The fraction of sp³-hybridized carbons (Fsp3) is 0.412. The van der Waals surface area contributed by atoms with Crippen LogP contribution in [-0.4, -0.2) is 29.3 Å². The predicted molar refractivity (Wildman–Crippen MR) is 94.1 cm³/mol. The highest BCUT2D eigenvalue weighted by Gasteiger charge is 2.16. The molecule has 1 aromatic heterocycles. The summed E-state index contributed by atoms with van der Waals surface area (Å²) in [5.41, 5.74) is 1.18. The first kappa shape index (κ1) is 17.3. The summed E-state index contributed by atoms with van der Waals surface area (Å²) in [5, 5.41) is 7.65. The van der Waals surface area contributed by atoms with E-state index in [2.05, 4.69) is 15.6 Å². The third kappa shape index (κ3) is 4.99. The molecule has 1 heterocycles. The molecule has 0 saturated heterocycles. The fourth-order valence-electron chi connectivity index (χ4n) is 2.12. The molecule has 0 aliphatic rings. The lowest BCUT2D eigenvalue weighted by Gasteiger charge is -2.21. The first-order valence-electron chi connectivity index (χ1n) is 7.53. The highest BCUT2D eigenvalue weighted by molar-refractivity contribution is 6.35. The molecule has 0 bridgehead atoms. The molecule has 0 fully saturated rings. The Hall–Kier alpha value is -2.01. The van der Waals surface area contributed by atoms with Crippen molar-refractivity contribution < 1.29 is 9.53 Å². The number of anilines is 1. The molecule has 2 aromatic rings. The minimum atomic E-state index is -0.503. The van der Waals surface area contributed by atoms with Gasteiger partial charge in [-0.25, -0.2) is 4.79 Å². The van der Waals surface area contributed by atoms with Crippen LogP contribution in [0.3, 0.4) is 0 Å². The second-order valence-electron chi connectivity index (χ2n) is 6.42. The van der Waals surface area contributed by atoms with Crippen molar-refractivity contribution >= 4 is 34.3 Å². The Labute approximate surface area is 141 Å². The van der Waals surface area contributed by atoms with Gasteiger partial charge >= 0.3 is 6.09 Å². The summed E-state index contributed by atoms with van der Waals surface area (Å²) in [7, 11) is 0. The lowest BCUT2D eigenvalue weighted by atomic mass is 10.1. The number of benzene rings is 1. The molecule has 0 aliphatic heterocycles. The normalized spacial score (nSPS) is 12.7. The maximum atomic E-state index is 11.7. The van der Waals surface area contributed by atoms with Crippen LogP contribution in [-0.2, 0) is 4.74 Å². The molecule has 124 valence electrons. The Bertz CT molecular complexity index is 698. The van der Waals surface area contributed by atoms with Crippen LogP contribution in [0.15, 0.2) is 30.5 Å². The van der Waals surface area contributed by atoms with Gasteiger partial charge in [0.25, 0.3) is 0 Å². The highest BCUT2D eigenvalue weighted by Crippen LogP contribution is 2.28. The van der Waals surface area contributed by atoms with Gasteiger partial charge in [0.05, 0.1) is 16.2 Å². The second kappa shape index (κ2) is 7.04. The smallest absolute Gasteiger partial charge is 0.407 e. The summed E-state index contributed by atoms with van der Waals surface area (Å²) in [4.78, 5) is 16.1. The molecule has 23 heavy (non-hydrogen) atoms. The zero-order chi connectivity index (χ0) is 17.0. The van der Waals surface area contributed by atoms with Crippen LogP contribution in [0.1, 0.15) is 27.7 Å². The Kier molecular flexibility index (Phi) is 5.31. The molecule has 1 atom stereocenters. The Morgan fingerprint density at radius 2 is 2.09 bits per heavy atom. The van der Waals surface area contributed by atoms with Gasteiger partial charge in [0.2, 0.25) is 0 Å². The number of alkyl carbamates (subject to hydrolysis) is 1. The maximum Gasteiger partial charge on any atom is 0.407 e. The van der Waals surface area contributed by atoms with E-state index >= 15 is 0 Å². The van der Waals surface area contributed by atoms with Crippen LogP contribution >= 0.6 is 11.6 Å². The van der Waals surface area contributed by atoms with Gasteiger partial charge in [0, 0.05) is 24.2 Å². The monoisotopic (exact) mass is 335 g/mol. The van der Waals surface area contributed by atoms with Gasteiger partial charge in [-0.3, -0.25) is 4.98 Å². The van der Waals surface area contributed by atoms with Crippen LogP contribution in [0.5, 0.6) is 0 Å². The number of hydrogen-bond acceptors (Lipinski definition) is 4. The quantitative estimate of drug-likeness (QED) is 0.878. The largest absolute Gasteiger partial charge is 0.444 e. The number of nitrogens with one attached hydrogen (secondary N) is 2. The minimum absolute atomic E-state index is 0.00824. The molecule has 6 heteroatoms. The number of ether oxygens (including phenoxy) is 1. The maximum absolute atomic E-state index is 11.7. The van der Waals surface area contributed by atoms with Crippen molar-refractivity contribution in [3.05, 3.63) is 35.5 Å². The molecule has 1 aromatic carbocycles. The van der Waals surface area contributed by atoms with Crippen LogP contribution in [0.25, 0.3) is 10.9 Å². The molecular weight excluding hydrogens is 314 g/mol. The average Bonchev–Trinajstić information content (AvgIpc) is 2.47. The van der Waals surface area contributed by atoms with E-state index in [-0.39, 0.29) is 6.04 Å². The summed E-state index contributed by atoms with van der Waals surface area (Å²) in [6.45, 7) is 7.91. The van der Waals surface area contributed by atoms with Gasteiger partial charge in [-0.05, 0) is 52.0 Å². The number of halogens is 1. The Morgan fingerprint density at radius 1 is 1.35 bits per heavy atom. The van der Waals surface area contributed by atoms with E-state index in [0.717, 1.165) is 16.6 Å². The van der Waals surface area contributed by atoms with E-state index in [1.165, 1.54) is 0 Å². The summed E-state index contributed by atoms with van der Waals surface area (Å²) in [6, 6.07) is 7.52. The van der Waals surface area contributed by atoms with Crippen molar-refractivity contribution in [1.82, 2.24) is 10.3 Å². The van der Waals surface area contributed by atoms with Gasteiger partial charge in [0.15, 0.2) is 0 Å². The van der Waals surface area contributed by atoms with E-state index in [1.807, 2.05) is 52.0 Å². The first-order valence-corrected chi connectivity index (χ1v) is 7.90. The number of fused-ring (bicyclic) bond motifs is 1. The molecule has 1 amide bonds. The number of carbonyl (C=O) groups is 1. The average molecular weight is 336 g/mol. The molecule has 2 rings (SSSR count). The van der Waals surface area contributed by atoms with Crippen molar-refractivity contribution in [2.75, 3.05) is 11.9 Å². The highest BCUT2D eigenvalue weighted by atomic mass is 35.5. The number of hydrogen-bond donors (Lipinski definition) is 2. The van der Waals surface area contributed by atoms with Crippen molar-refractivity contribution in [2.45, 2.75) is 39.3 Å². The first-order chi connectivity index (χ1) is 10.8. The third-order valence-electron chi connectivity index (χ3n) is 3.07. The molecule has 2 N–H and O–H groups in total. The fourth-order valence-corrected chi connectivity index (χ4v) is 2.34. The predicted octanol–water partition coefficient (Wildman–Crippen LogP) is 4.21. The molecule has 0 aliphatic carbocycles. The molecule has 1 unspecified atom stereocenters. The lowest BCUT2D eigenvalue weighted by molar-refractivity contribution is 0.0526. The molecule has 0 saturated carbocycles. The summed E-state index contributed by atoms with van der Waals surface area (Å²) >= 11 is 6.19. The van der Waals surface area contributed by atoms with Crippen molar-refractivity contribution in [3.63, 3.8) is 0 Å². The number of nitrogens with zero attached hydrogens (tertiary/aromatic N) is 1. The zero-order valence-corrected chi connectivity index (χ0v) is 14.6. The molecule has 0 spiro atoms. The number of amides is 1. The van der Waals surface area contributed by atoms with Crippen molar-refractivity contribution in [2.24, 2.45) is 0 Å². The van der Waals surface area contributed by atoms with E-state index < -0.39 is 11.7 Å². The summed E-state index contributed by atoms with van der Waals surface area (Å²) in [6.07, 6.45) is 1.30. The molecule has 0 radical (unpaired) electrons. The van der Waals surface area contributed by atoms with E-state index in [9.17, 15) is 4.79 Å². The summed E-state index contributed by atoms with van der Waals surface area (Å²) < 4.78 is 5.22. The topological polar surface area (TPSA) is 63.2 Å². The third-order valence-corrected chi connectivity index (χ3v) is 3.40. The number of carbonyl (C=O) groups excluding carboxylic acids is 1. The van der Waals surface area contributed by atoms with Crippen LogP contribution in [0.4, 0.5) is 10.5 Å². The second-order valence-corrected chi connectivity index (χ2v) is 6.83. The summed E-state index contributed by atoms with van der Waals surface area (Å²) in [5.74, 6) is 0. The van der Waals surface area contributed by atoms with E-state index in [4.69, 9.17) is 16.3 Å². The SMILES string of the molecule is CC(CNC(=O)OC(C)(C)C)Nc1ccc(Cl)c2cccnc12. The standard InChI is InChI=1S/C17H22ClN3O2/c1-11(10-20-16(22)23-17(2,3)4)21-14-8-7-13(18)12-6-5-9-19-15(12)14/h5-9,11,21H,10H2,1-4H3,(H,20,22). The van der Waals surface area contributed by atoms with Gasteiger partial charge in [0.1, 0.15) is 5.60 Å². The minimum Gasteiger partial charge on any atom is -0.444 e. The van der Waals surface area contributed by atoms with Gasteiger partial charge in [-0.2, -0.15) is 0 Å². The van der Waals surface area contributed by atoms with Crippen LogP contribution in [0.2, 0.25) is 5.02 Å². The number of rotatable bonds is 4. The van der Waals surface area contributed by atoms with Crippen molar-refractivity contribution in [3.8, 4) is 0 Å². The van der Waals surface area contributed by atoms with E-state index in [0.29, 0.717) is 11.6 Å². The molecular formula is C17H22ClN3O2. The van der Waals surface area contributed by atoms with Crippen molar-refractivity contribution in [1.29, 1.82) is 0 Å². The van der Waals surface area contributed by atoms with Gasteiger partial charge < -0.3 is 15.4 Å².